The van der Waals surface area contributed by atoms with Gasteiger partial charge in [0.2, 0.25) is 0 Å². The van der Waals surface area contributed by atoms with Crippen molar-refractivity contribution in [1.29, 1.82) is 0 Å². The lowest BCUT2D eigenvalue weighted by molar-refractivity contribution is -0.123. The minimum absolute atomic E-state index is 0.00597. The Hall–Kier alpha value is -3.08. The Balaban J connectivity index is 1.60. The van der Waals surface area contributed by atoms with Gasteiger partial charge in [0.05, 0.1) is 11.4 Å². The molecule has 5 nitrogen and oxygen atoms in total. The Morgan fingerprint density at radius 1 is 1.04 bits per heavy atom. The van der Waals surface area contributed by atoms with Crippen LogP contribution in [0.5, 0.6) is 5.75 Å². The van der Waals surface area contributed by atoms with E-state index in [-0.39, 0.29) is 12.5 Å². The van der Waals surface area contributed by atoms with Crippen LogP contribution in [0.25, 0.3) is 5.69 Å². The number of rotatable bonds is 6. The number of benzene rings is 2. The Bertz CT molecular complexity index is 884. The summed E-state index contributed by atoms with van der Waals surface area (Å²) in [6, 6.07) is 17.6. The Kier molecular flexibility index (Phi) is 5.37. The molecule has 0 bridgehead atoms. The van der Waals surface area contributed by atoms with Gasteiger partial charge < -0.3 is 10.1 Å². The van der Waals surface area contributed by atoms with Crippen molar-refractivity contribution >= 4 is 5.91 Å². The van der Waals surface area contributed by atoms with Crippen molar-refractivity contribution in [2.24, 2.45) is 0 Å². The molecule has 1 amide bonds. The van der Waals surface area contributed by atoms with E-state index in [4.69, 9.17) is 4.74 Å². The van der Waals surface area contributed by atoms with Crippen LogP contribution in [-0.4, -0.2) is 22.3 Å². The monoisotopic (exact) mass is 349 g/mol. The third-order valence-electron chi connectivity index (χ3n) is 4.30. The summed E-state index contributed by atoms with van der Waals surface area (Å²) in [6.45, 7) is 6.40. The highest BCUT2D eigenvalue weighted by Crippen LogP contribution is 2.17. The molecule has 0 spiro atoms. The first-order chi connectivity index (χ1) is 12.5. The molecule has 0 unspecified atom stereocenters. The molecular weight excluding hydrogens is 326 g/mol. The fraction of sp³-hybridized carbons (Fsp3) is 0.238. The topological polar surface area (TPSA) is 56.1 Å². The van der Waals surface area contributed by atoms with Gasteiger partial charge in [0, 0.05) is 17.8 Å². The van der Waals surface area contributed by atoms with Gasteiger partial charge in [-0.05, 0) is 45.0 Å². The van der Waals surface area contributed by atoms with Crippen molar-refractivity contribution in [2.45, 2.75) is 27.3 Å². The van der Waals surface area contributed by atoms with Crippen LogP contribution in [0.1, 0.15) is 22.5 Å². The number of carbonyl (C=O) groups is 1. The van der Waals surface area contributed by atoms with Crippen molar-refractivity contribution in [3.63, 3.8) is 0 Å². The fourth-order valence-corrected chi connectivity index (χ4v) is 2.77. The number of hydrogen-bond acceptors (Lipinski definition) is 3. The van der Waals surface area contributed by atoms with Crippen LogP contribution in [0.15, 0.2) is 54.6 Å². The molecule has 3 aromatic rings. The molecule has 0 aliphatic heterocycles. The van der Waals surface area contributed by atoms with Crippen molar-refractivity contribution in [3.8, 4) is 11.4 Å². The number of carbonyl (C=O) groups excluding carboxylic acids is 1. The minimum Gasteiger partial charge on any atom is -0.484 e. The molecule has 0 aliphatic carbocycles. The van der Waals surface area contributed by atoms with Crippen molar-refractivity contribution in [1.82, 2.24) is 15.1 Å². The highest BCUT2D eigenvalue weighted by atomic mass is 16.5. The van der Waals surface area contributed by atoms with Gasteiger partial charge in [-0.1, -0.05) is 35.9 Å². The van der Waals surface area contributed by atoms with E-state index in [1.165, 1.54) is 0 Å². The van der Waals surface area contributed by atoms with Crippen molar-refractivity contribution in [3.05, 3.63) is 77.1 Å². The summed E-state index contributed by atoms with van der Waals surface area (Å²) in [7, 11) is 0. The smallest absolute Gasteiger partial charge is 0.258 e. The molecule has 0 radical (unpaired) electrons. The molecule has 134 valence electrons. The highest BCUT2D eigenvalue weighted by Gasteiger charge is 2.13. The van der Waals surface area contributed by atoms with E-state index in [0.717, 1.165) is 28.2 Å². The Morgan fingerprint density at radius 3 is 2.42 bits per heavy atom. The summed E-state index contributed by atoms with van der Waals surface area (Å²) in [6.07, 6.45) is 0. The average Bonchev–Trinajstić information content (AvgIpc) is 2.94. The number of amides is 1. The average molecular weight is 349 g/mol. The van der Waals surface area contributed by atoms with Crippen molar-refractivity contribution < 1.29 is 9.53 Å². The van der Waals surface area contributed by atoms with E-state index in [0.29, 0.717) is 12.3 Å². The Morgan fingerprint density at radius 2 is 1.73 bits per heavy atom. The van der Waals surface area contributed by atoms with Crippen LogP contribution in [0.3, 0.4) is 0 Å². The highest BCUT2D eigenvalue weighted by molar-refractivity contribution is 5.77. The zero-order valence-corrected chi connectivity index (χ0v) is 15.3. The van der Waals surface area contributed by atoms with Crippen LogP contribution in [0, 0.1) is 20.8 Å². The second kappa shape index (κ2) is 7.87. The Labute approximate surface area is 153 Å². The first-order valence-corrected chi connectivity index (χ1v) is 8.61. The predicted octanol–water partition coefficient (Wildman–Crippen LogP) is 3.49. The van der Waals surface area contributed by atoms with E-state index >= 15 is 0 Å². The number of aromatic nitrogens is 2. The van der Waals surface area contributed by atoms with Crippen LogP contribution in [-0.2, 0) is 11.3 Å². The molecule has 2 aromatic carbocycles. The van der Waals surface area contributed by atoms with Crippen LogP contribution >= 0.6 is 0 Å². The van der Waals surface area contributed by atoms with E-state index in [9.17, 15) is 4.79 Å². The zero-order chi connectivity index (χ0) is 18.5. The predicted molar refractivity (Wildman–Crippen MR) is 102 cm³/mol. The summed E-state index contributed by atoms with van der Waals surface area (Å²) in [5.41, 5.74) is 5.12. The molecule has 1 aromatic heterocycles. The second-order valence-electron chi connectivity index (χ2n) is 6.28. The van der Waals surface area contributed by atoms with Gasteiger partial charge >= 0.3 is 0 Å². The van der Waals surface area contributed by atoms with Crippen LogP contribution in [0.4, 0.5) is 0 Å². The summed E-state index contributed by atoms with van der Waals surface area (Å²) in [4.78, 5) is 12.1. The van der Waals surface area contributed by atoms with Crippen molar-refractivity contribution in [2.75, 3.05) is 6.61 Å². The summed E-state index contributed by atoms with van der Waals surface area (Å²) < 4.78 is 7.42. The zero-order valence-electron chi connectivity index (χ0n) is 15.3. The molecule has 26 heavy (non-hydrogen) atoms. The van der Waals surface area contributed by atoms with Gasteiger partial charge in [-0.15, -0.1) is 0 Å². The third-order valence-corrected chi connectivity index (χ3v) is 4.30. The quantitative estimate of drug-likeness (QED) is 0.741. The van der Waals surface area contributed by atoms with Gasteiger partial charge in [-0.3, -0.25) is 4.79 Å². The van der Waals surface area contributed by atoms with Gasteiger partial charge in [0.15, 0.2) is 6.61 Å². The lowest BCUT2D eigenvalue weighted by Gasteiger charge is -2.09. The standard InChI is InChI=1S/C21H23N3O2/c1-15-9-11-19(12-10-15)26-14-21(25)22-13-20-16(2)23-24(17(20)3)18-7-5-4-6-8-18/h4-12H,13-14H2,1-3H3,(H,22,25). The summed E-state index contributed by atoms with van der Waals surface area (Å²) >= 11 is 0. The van der Waals surface area contributed by atoms with Gasteiger partial charge in [-0.2, -0.15) is 5.10 Å². The summed E-state index contributed by atoms with van der Waals surface area (Å²) in [5.74, 6) is 0.534. The number of nitrogens with one attached hydrogen (secondary N) is 1. The number of hydrogen-bond donors (Lipinski definition) is 1. The maximum Gasteiger partial charge on any atom is 0.258 e. The normalized spacial score (nSPS) is 10.6. The first kappa shape index (κ1) is 17.7. The second-order valence-corrected chi connectivity index (χ2v) is 6.28. The van der Waals surface area contributed by atoms with Gasteiger partial charge in [-0.25, -0.2) is 4.68 Å². The number of para-hydroxylation sites is 1. The maximum atomic E-state index is 12.1. The van der Waals surface area contributed by atoms with E-state index in [2.05, 4.69) is 10.4 Å². The number of nitrogens with zero attached hydrogens (tertiary/aromatic N) is 2. The lowest BCUT2D eigenvalue weighted by Crippen LogP contribution is -2.28. The number of aryl methyl sites for hydroxylation is 2. The SMILES string of the molecule is Cc1ccc(OCC(=O)NCc2c(C)nn(-c3ccccc3)c2C)cc1. The van der Waals surface area contributed by atoms with E-state index in [1.54, 1.807) is 0 Å². The minimum atomic E-state index is -0.156. The third kappa shape index (κ3) is 4.11. The largest absolute Gasteiger partial charge is 0.484 e. The van der Waals surface area contributed by atoms with Gasteiger partial charge in [0.1, 0.15) is 5.75 Å². The maximum absolute atomic E-state index is 12.1. The molecule has 5 heteroatoms. The van der Waals surface area contributed by atoms with Gasteiger partial charge in [0.25, 0.3) is 5.91 Å². The number of ether oxygens (including phenoxy) is 1. The van der Waals surface area contributed by atoms with Crippen LogP contribution in [0.2, 0.25) is 0 Å². The molecule has 1 heterocycles. The first-order valence-electron chi connectivity index (χ1n) is 8.61. The molecule has 0 fully saturated rings. The fourth-order valence-electron chi connectivity index (χ4n) is 2.77. The molecule has 0 saturated carbocycles. The molecule has 0 saturated heterocycles. The lowest BCUT2D eigenvalue weighted by atomic mass is 10.2. The van der Waals surface area contributed by atoms with Crippen LogP contribution < -0.4 is 10.1 Å². The van der Waals surface area contributed by atoms with E-state index in [1.807, 2.05) is 80.1 Å². The molecule has 0 aliphatic rings. The molecule has 0 atom stereocenters. The molecule has 1 N–H and O–H groups in total. The van der Waals surface area contributed by atoms with E-state index < -0.39 is 0 Å². The summed E-state index contributed by atoms with van der Waals surface area (Å²) in [5, 5.41) is 7.50. The molecule has 3 rings (SSSR count). The molecular formula is C21H23N3O2.